The van der Waals surface area contributed by atoms with Crippen LogP contribution in [0.5, 0.6) is 0 Å². The van der Waals surface area contributed by atoms with Gasteiger partial charge in [-0.25, -0.2) is 0 Å². The standard InChI is InChI=1S/C20H22N2O2S/c1-22-12-14(16-5-2-3-6-17(16)22)11-19(24)21-20(13-9-15(23)10-13)18-7-4-8-25-18/h2-8,12-13,15,20,23H,9-11H2,1H3,(H,21,24)/t13?,15?,20-/m1/s1. The molecule has 0 spiro atoms. The Morgan fingerprint density at radius 3 is 2.84 bits per heavy atom. The number of fused-ring (bicyclic) bond motifs is 1. The SMILES string of the molecule is Cn1cc(CC(=O)N[C@@H](c2cccs2)C2CC(O)C2)c2ccccc21. The average molecular weight is 354 g/mol. The van der Waals surface area contributed by atoms with Crippen molar-refractivity contribution in [2.45, 2.75) is 31.4 Å². The highest BCUT2D eigenvalue weighted by atomic mass is 32.1. The number of para-hydroxylation sites is 1. The summed E-state index contributed by atoms with van der Waals surface area (Å²) >= 11 is 1.66. The molecule has 4 nitrogen and oxygen atoms in total. The van der Waals surface area contributed by atoms with E-state index in [1.807, 2.05) is 36.8 Å². The van der Waals surface area contributed by atoms with E-state index in [4.69, 9.17) is 0 Å². The van der Waals surface area contributed by atoms with Crippen molar-refractivity contribution in [2.75, 3.05) is 0 Å². The predicted molar refractivity (Wildman–Crippen MR) is 101 cm³/mol. The van der Waals surface area contributed by atoms with Crippen molar-refractivity contribution >= 4 is 28.1 Å². The Morgan fingerprint density at radius 2 is 2.12 bits per heavy atom. The maximum Gasteiger partial charge on any atom is 0.225 e. The normalized spacial score (nSPS) is 21.0. The van der Waals surface area contributed by atoms with Crippen LogP contribution in [0.1, 0.15) is 29.3 Å². The van der Waals surface area contributed by atoms with Gasteiger partial charge >= 0.3 is 0 Å². The zero-order valence-electron chi connectivity index (χ0n) is 14.2. The fourth-order valence-corrected chi connectivity index (χ4v) is 4.62. The Kier molecular flexibility index (Phi) is 4.36. The minimum absolute atomic E-state index is 0.00544. The lowest BCUT2D eigenvalue weighted by atomic mass is 9.76. The van der Waals surface area contributed by atoms with Gasteiger partial charge in [0.05, 0.1) is 18.6 Å². The van der Waals surface area contributed by atoms with Gasteiger partial charge in [-0.15, -0.1) is 11.3 Å². The van der Waals surface area contributed by atoms with E-state index in [2.05, 4.69) is 28.1 Å². The monoisotopic (exact) mass is 354 g/mol. The summed E-state index contributed by atoms with van der Waals surface area (Å²) in [6.45, 7) is 0. The molecule has 1 fully saturated rings. The first-order valence-electron chi connectivity index (χ1n) is 8.65. The minimum atomic E-state index is -0.220. The van der Waals surface area contributed by atoms with E-state index in [0.717, 1.165) is 29.3 Å². The number of aliphatic hydroxyl groups is 1. The van der Waals surface area contributed by atoms with Gasteiger partial charge in [-0.05, 0) is 41.8 Å². The molecule has 0 bridgehead atoms. The topological polar surface area (TPSA) is 54.3 Å². The van der Waals surface area contributed by atoms with Crippen molar-refractivity contribution in [1.82, 2.24) is 9.88 Å². The first kappa shape index (κ1) is 16.4. The van der Waals surface area contributed by atoms with Crippen molar-refractivity contribution in [2.24, 2.45) is 13.0 Å². The first-order chi connectivity index (χ1) is 12.1. The van der Waals surface area contributed by atoms with E-state index in [-0.39, 0.29) is 18.1 Å². The van der Waals surface area contributed by atoms with Crippen LogP contribution in [-0.2, 0) is 18.3 Å². The average Bonchev–Trinajstić information content (AvgIpc) is 3.20. The second-order valence-corrected chi connectivity index (χ2v) is 7.88. The van der Waals surface area contributed by atoms with Crippen LogP contribution in [-0.4, -0.2) is 21.7 Å². The Labute approximate surface area is 151 Å². The van der Waals surface area contributed by atoms with Crippen LogP contribution in [0.4, 0.5) is 0 Å². The lowest BCUT2D eigenvalue weighted by Crippen LogP contribution is -2.41. The fourth-order valence-electron chi connectivity index (χ4n) is 3.76. The van der Waals surface area contributed by atoms with E-state index in [1.165, 1.54) is 4.88 Å². The number of carbonyl (C=O) groups excluding carboxylic acids is 1. The molecule has 4 rings (SSSR count). The Morgan fingerprint density at radius 1 is 1.32 bits per heavy atom. The highest BCUT2D eigenvalue weighted by Crippen LogP contribution is 2.39. The smallest absolute Gasteiger partial charge is 0.225 e. The first-order valence-corrected chi connectivity index (χ1v) is 9.53. The van der Waals surface area contributed by atoms with E-state index in [9.17, 15) is 9.90 Å². The molecule has 2 heterocycles. The largest absolute Gasteiger partial charge is 0.393 e. The third-order valence-corrected chi connectivity index (χ3v) is 6.07. The van der Waals surface area contributed by atoms with Crippen molar-refractivity contribution < 1.29 is 9.90 Å². The number of aryl methyl sites for hydroxylation is 1. The summed E-state index contributed by atoms with van der Waals surface area (Å²) in [7, 11) is 2.01. The Bertz CT molecular complexity index is 878. The van der Waals surface area contributed by atoms with Crippen LogP contribution in [0, 0.1) is 5.92 Å². The number of thiophene rings is 1. The van der Waals surface area contributed by atoms with Gasteiger partial charge in [0.15, 0.2) is 0 Å². The summed E-state index contributed by atoms with van der Waals surface area (Å²) in [5, 5.41) is 16.0. The van der Waals surface area contributed by atoms with E-state index < -0.39 is 0 Å². The highest BCUT2D eigenvalue weighted by molar-refractivity contribution is 7.10. The molecule has 2 aromatic heterocycles. The number of aromatic nitrogens is 1. The number of carbonyl (C=O) groups is 1. The molecular formula is C20H22N2O2S. The molecule has 0 radical (unpaired) electrons. The Balaban J connectivity index is 1.51. The summed E-state index contributed by atoms with van der Waals surface area (Å²) in [6.07, 6.45) is 3.71. The summed E-state index contributed by atoms with van der Waals surface area (Å²) in [5.74, 6) is 0.362. The van der Waals surface area contributed by atoms with Gasteiger partial charge in [-0.2, -0.15) is 0 Å². The van der Waals surface area contributed by atoms with E-state index in [0.29, 0.717) is 12.3 Å². The number of hydrogen-bond acceptors (Lipinski definition) is 3. The molecule has 1 aromatic carbocycles. The maximum absolute atomic E-state index is 12.7. The minimum Gasteiger partial charge on any atom is -0.393 e. The second kappa shape index (κ2) is 6.65. The van der Waals surface area contributed by atoms with Crippen LogP contribution in [0.2, 0.25) is 0 Å². The summed E-state index contributed by atoms with van der Waals surface area (Å²) in [4.78, 5) is 13.9. The molecule has 25 heavy (non-hydrogen) atoms. The molecule has 1 saturated carbocycles. The van der Waals surface area contributed by atoms with Crippen molar-refractivity contribution in [3.8, 4) is 0 Å². The quantitative estimate of drug-likeness (QED) is 0.738. The molecule has 2 N–H and O–H groups in total. The summed E-state index contributed by atoms with van der Waals surface area (Å²) in [6, 6.07) is 12.2. The lowest BCUT2D eigenvalue weighted by molar-refractivity contribution is -0.122. The number of aliphatic hydroxyl groups excluding tert-OH is 1. The van der Waals surface area contributed by atoms with Crippen molar-refractivity contribution in [1.29, 1.82) is 0 Å². The third kappa shape index (κ3) is 3.22. The molecule has 1 amide bonds. The predicted octanol–water partition coefficient (Wildman–Crippen LogP) is 3.41. The molecular weight excluding hydrogens is 332 g/mol. The van der Waals surface area contributed by atoms with Crippen LogP contribution in [0.25, 0.3) is 10.9 Å². The third-order valence-electron chi connectivity index (χ3n) is 5.12. The summed E-state index contributed by atoms with van der Waals surface area (Å²) in [5.41, 5.74) is 2.19. The van der Waals surface area contributed by atoms with Crippen LogP contribution >= 0.6 is 11.3 Å². The summed E-state index contributed by atoms with van der Waals surface area (Å²) < 4.78 is 2.07. The molecule has 5 heteroatoms. The number of nitrogens with one attached hydrogen (secondary N) is 1. The van der Waals surface area contributed by atoms with Gasteiger partial charge in [0, 0.05) is 29.0 Å². The molecule has 1 atom stereocenters. The number of hydrogen-bond donors (Lipinski definition) is 2. The van der Waals surface area contributed by atoms with Crippen molar-refractivity contribution in [3.63, 3.8) is 0 Å². The highest BCUT2D eigenvalue weighted by Gasteiger charge is 2.36. The van der Waals surface area contributed by atoms with E-state index in [1.54, 1.807) is 11.3 Å². The fraction of sp³-hybridized carbons (Fsp3) is 0.350. The molecule has 1 aliphatic rings. The van der Waals surface area contributed by atoms with Crippen LogP contribution in [0.15, 0.2) is 48.0 Å². The van der Waals surface area contributed by atoms with Gasteiger partial charge in [0.1, 0.15) is 0 Å². The van der Waals surface area contributed by atoms with Crippen LogP contribution < -0.4 is 5.32 Å². The maximum atomic E-state index is 12.7. The Hall–Kier alpha value is -2.11. The number of nitrogens with zero attached hydrogens (tertiary/aromatic N) is 1. The molecule has 1 aliphatic carbocycles. The van der Waals surface area contributed by atoms with Gasteiger partial charge < -0.3 is 15.0 Å². The zero-order chi connectivity index (χ0) is 17.4. The molecule has 0 aliphatic heterocycles. The van der Waals surface area contributed by atoms with Gasteiger partial charge in [0.2, 0.25) is 5.91 Å². The van der Waals surface area contributed by atoms with Gasteiger partial charge in [-0.3, -0.25) is 4.79 Å². The van der Waals surface area contributed by atoms with Crippen LogP contribution in [0.3, 0.4) is 0 Å². The molecule has 130 valence electrons. The zero-order valence-corrected chi connectivity index (χ0v) is 15.0. The lowest BCUT2D eigenvalue weighted by Gasteiger charge is -2.37. The number of amides is 1. The number of rotatable bonds is 5. The molecule has 0 saturated heterocycles. The van der Waals surface area contributed by atoms with Gasteiger partial charge in [0.25, 0.3) is 0 Å². The number of benzene rings is 1. The second-order valence-electron chi connectivity index (χ2n) is 6.91. The van der Waals surface area contributed by atoms with E-state index >= 15 is 0 Å². The van der Waals surface area contributed by atoms with Gasteiger partial charge in [-0.1, -0.05) is 24.3 Å². The molecule has 3 aromatic rings. The van der Waals surface area contributed by atoms with Crippen molar-refractivity contribution in [3.05, 3.63) is 58.4 Å². The molecule has 0 unspecified atom stereocenters.